The first-order valence-corrected chi connectivity index (χ1v) is 8.74. The summed E-state index contributed by atoms with van der Waals surface area (Å²) in [6, 6.07) is 9.42. The van der Waals surface area contributed by atoms with Crippen molar-refractivity contribution < 1.29 is 0 Å². The average molecular weight is 307 g/mol. The number of halogens is 1. The molecule has 2 atom stereocenters. The van der Waals surface area contributed by atoms with Crippen molar-refractivity contribution in [3.8, 4) is 0 Å². The smallest absolute Gasteiger partial charge is 0.0406 e. The molecule has 3 rings (SSSR count). The van der Waals surface area contributed by atoms with Gasteiger partial charge in [-0.1, -0.05) is 43.0 Å². The van der Waals surface area contributed by atoms with Crippen LogP contribution in [0.2, 0.25) is 5.02 Å². The predicted octanol–water partition coefficient (Wildman–Crippen LogP) is 4.40. The van der Waals surface area contributed by atoms with Gasteiger partial charge in [0.25, 0.3) is 0 Å². The Bertz CT molecular complexity index is 465. The summed E-state index contributed by atoms with van der Waals surface area (Å²) >= 11 is 6.02. The molecule has 1 aliphatic carbocycles. The van der Waals surface area contributed by atoms with Crippen LogP contribution in [0.25, 0.3) is 0 Å². The molecular weight excluding hydrogens is 280 g/mol. The topological polar surface area (TPSA) is 15.3 Å². The molecule has 1 heterocycles. The summed E-state index contributed by atoms with van der Waals surface area (Å²) in [7, 11) is 0. The van der Waals surface area contributed by atoms with Gasteiger partial charge in [0.15, 0.2) is 0 Å². The summed E-state index contributed by atoms with van der Waals surface area (Å²) in [6.07, 6.45) is 6.84. The van der Waals surface area contributed by atoms with Crippen LogP contribution in [0.3, 0.4) is 0 Å². The molecule has 1 aromatic rings. The zero-order valence-electron chi connectivity index (χ0n) is 13.2. The van der Waals surface area contributed by atoms with Gasteiger partial charge >= 0.3 is 0 Å². The lowest BCUT2D eigenvalue weighted by atomic mass is 9.79. The summed E-state index contributed by atoms with van der Waals surface area (Å²) in [6.45, 7) is 6.96. The Kier molecular flexibility index (Phi) is 4.58. The minimum absolute atomic E-state index is 0.367. The molecule has 0 amide bonds. The highest BCUT2D eigenvalue weighted by molar-refractivity contribution is 6.30. The van der Waals surface area contributed by atoms with Crippen LogP contribution in [0, 0.1) is 0 Å². The van der Waals surface area contributed by atoms with Gasteiger partial charge in [0.2, 0.25) is 0 Å². The first kappa shape index (κ1) is 15.3. The number of hydrogen-bond acceptors (Lipinski definition) is 2. The van der Waals surface area contributed by atoms with Crippen molar-refractivity contribution >= 4 is 11.6 Å². The Morgan fingerprint density at radius 3 is 2.52 bits per heavy atom. The second-order valence-corrected chi connectivity index (χ2v) is 7.41. The first-order valence-electron chi connectivity index (χ1n) is 8.36. The van der Waals surface area contributed by atoms with Crippen molar-refractivity contribution in [1.29, 1.82) is 0 Å². The van der Waals surface area contributed by atoms with Crippen LogP contribution in [0.5, 0.6) is 0 Å². The van der Waals surface area contributed by atoms with Gasteiger partial charge in [0.1, 0.15) is 0 Å². The molecule has 1 saturated carbocycles. The average Bonchev–Trinajstić information content (AvgIpc) is 2.51. The number of piperazine rings is 1. The van der Waals surface area contributed by atoms with Crippen molar-refractivity contribution in [2.75, 3.05) is 13.1 Å². The maximum Gasteiger partial charge on any atom is 0.0406 e. The molecule has 0 aromatic heterocycles. The quantitative estimate of drug-likeness (QED) is 0.871. The largest absolute Gasteiger partial charge is 0.308 e. The summed E-state index contributed by atoms with van der Waals surface area (Å²) in [5.41, 5.74) is 1.74. The van der Waals surface area contributed by atoms with Gasteiger partial charge < -0.3 is 5.32 Å². The number of hydrogen-bond donors (Lipinski definition) is 1. The van der Waals surface area contributed by atoms with E-state index in [0.29, 0.717) is 17.6 Å². The fourth-order valence-electron chi connectivity index (χ4n) is 4.06. The van der Waals surface area contributed by atoms with Gasteiger partial charge in [-0.2, -0.15) is 0 Å². The zero-order chi connectivity index (χ0) is 14.9. The highest BCUT2D eigenvalue weighted by atomic mass is 35.5. The third kappa shape index (κ3) is 3.28. The molecule has 2 fully saturated rings. The van der Waals surface area contributed by atoms with Gasteiger partial charge in [0.05, 0.1) is 0 Å². The fourth-order valence-corrected chi connectivity index (χ4v) is 4.18. The van der Waals surface area contributed by atoms with E-state index in [4.69, 9.17) is 11.6 Å². The Hall–Kier alpha value is -0.570. The van der Waals surface area contributed by atoms with E-state index >= 15 is 0 Å². The molecule has 1 spiro atoms. The van der Waals surface area contributed by atoms with E-state index < -0.39 is 0 Å². The van der Waals surface area contributed by atoms with Crippen molar-refractivity contribution in [2.24, 2.45) is 0 Å². The monoisotopic (exact) mass is 306 g/mol. The molecule has 21 heavy (non-hydrogen) atoms. The number of nitrogens with one attached hydrogen (secondary N) is 1. The summed E-state index contributed by atoms with van der Waals surface area (Å²) in [5, 5.41) is 4.69. The second-order valence-electron chi connectivity index (χ2n) is 6.97. The molecule has 0 radical (unpaired) electrons. The lowest BCUT2D eigenvalue weighted by molar-refractivity contribution is 0.0355. The van der Waals surface area contributed by atoms with Crippen LogP contribution in [-0.2, 0) is 0 Å². The maximum atomic E-state index is 6.02. The normalized spacial score (nSPS) is 27.7. The van der Waals surface area contributed by atoms with Gasteiger partial charge in [-0.15, -0.1) is 0 Å². The Morgan fingerprint density at radius 1 is 1.19 bits per heavy atom. The number of benzene rings is 1. The molecule has 116 valence electrons. The van der Waals surface area contributed by atoms with Gasteiger partial charge in [-0.25, -0.2) is 0 Å². The third-order valence-electron chi connectivity index (χ3n) is 5.48. The van der Waals surface area contributed by atoms with E-state index in [2.05, 4.69) is 36.2 Å². The molecule has 2 nitrogen and oxygen atoms in total. The summed E-state index contributed by atoms with van der Waals surface area (Å²) in [4.78, 5) is 2.69. The van der Waals surface area contributed by atoms with Crippen LogP contribution in [-0.4, -0.2) is 29.6 Å². The van der Waals surface area contributed by atoms with E-state index in [1.165, 1.54) is 44.2 Å². The van der Waals surface area contributed by atoms with Gasteiger partial charge in [-0.05, 0) is 44.4 Å². The lowest BCUT2D eigenvalue weighted by Crippen LogP contribution is -2.64. The molecule has 2 unspecified atom stereocenters. The van der Waals surface area contributed by atoms with Crippen LogP contribution in [0.1, 0.15) is 57.6 Å². The predicted molar refractivity (Wildman–Crippen MR) is 89.9 cm³/mol. The molecule has 3 heteroatoms. The van der Waals surface area contributed by atoms with Crippen LogP contribution in [0.15, 0.2) is 24.3 Å². The second kappa shape index (κ2) is 6.28. The van der Waals surface area contributed by atoms with Crippen LogP contribution in [0.4, 0.5) is 0 Å². The van der Waals surface area contributed by atoms with Crippen molar-refractivity contribution in [3.63, 3.8) is 0 Å². The SMILES string of the molecule is CC1CNC2(CCCCC2)CN1C(C)c1ccc(Cl)cc1. The van der Waals surface area contributed by atoms with Crippen molar-refractivity contribution in [1.82, 2.24) is 10.2 Å². The van der Waals surface area contributed by atoms with E-state index in [1.54, 1.807) is 0 Å². The Morgan fingerprint density at radius 2 is 1.86 bits per heavy atom. The van der Waals surface area contributed by atoms with Crippen LogP contribution < -0.4 is 5.32 Å². The maximum absolute atomic E-state index is 6.02. The minimum atomic E-state index is 0.367. The van der Waals surface area contributed by atoms with E-state index in [0.717, 1.165) is 11.6 Å². The third-order valence-corrected chi connectivity index (χ3v) is 5.74. The lowest BCUT2D eigenvalue weighted by Gasteiger charge is -2.51. The standard InChI is InChI=1S/C18H27ClN2/c1-14-12-20-18(10-4-3-5-11-18)13-21(14)15(2)16-6-8-17(19)9-7-16/h6-9,14-15,20H,3-5,10-13H2,1-2H3. The van der Waals surface area contributed by atoms with E-state index in [9.17, 15) is 0 Å². The molecule has 1 aromatic carbocycles. The Balaban J connectivity index is 1.76. The zero-order valence-corrected chi connectivity index (χ0v) is 14.0. The molecule has 0 bridgehead atoms. The number of rotatable bonds is 2. The van der Waals surface area contributed by atoms with Crippen LogP contribution >= 0.6 is 11.6 Å². The summed E-state index contributed by atoms with van der Waals surface area (Å²) < 4.78 is 0. The molecule has 1 aliphatic heterocycles. The summed E-state index contributed by atoms with van der Waals surface area (Å²) in [5.74, 6) is 0. The van der Waals surface area contributed by atoms with E-state index in [1.807, 2.05) is 12.1 Å². The highest BCUT2D eigenvalue weighted by Gasteiger charge is 2.40. The molecule has 1 N–H and O–H groups in total. The van der Waals surface area contributed by atoms with Gasteiger partial charge in [0, 0.05) is 35.7 Å². The first-order chi connectivity index (χ1) is 10.1. The number of nitrogens with zero attached hydrogens (tertiary/aromatic N) is 1. The van der Waals surface area contributed by atoms with Crippen molar-refractivity contribution in [3.05, 3.63) is 34.9 Å². The fraction of sp³-hybridized carbons (Fsp3) is 0.667. The molecule has 1 saturated heterocycles. The van der Waals surface area contributed by atoms with E-state index in [-0.39, 0.29) is 0 Å². The minimum Gasteiger partial charge on any atom is -0.308 e. The van der Waals surface area contributed by atoms with Gasteiger partial charge in [-0.3, -0.25) is 4.90 Å². The molecular formula is C18H27ClN2. The van der Waals surface area contributed by atoms with Crippen molar-refractivity contribution in [2.45, 2.75) is 63.6 Å². The Labute approximate surface area is 133 Å². The molecule has 2 aliphatic rings. The highest BCUT2D eigenvalue weighted by Crippen LogP contribution is 2.35.